The highest BCUT2D eigenvalue weighted by molar-refractivity contribution is 7.98. The van der Waals surface area contributed by atoms with E-state index in [9.17, 15) is 4.79 Å². The van der Waals surface area contributed by atoms with Crippen molar-refractivity contribution in [3.8, 4) is 11.4 Å². The summed E-state index contributed by atoms with van der Waals surface area (Å²) in [5.74, 6) is 1.47. The minimum atomic E-state index is -0.0624. The van der Waals surface area contributed by atoms with Gasteiger partial charge in [0.25, 0.3) is 0 Å². The van der Waals surface area contributed by atoms with Crippen molar-refractivity contribution in [2.75, 3.05) is 24.7 Å². The smallest absolute Gasteiger partial charge is 0.321 e. The molecule has 0 bridgehead atoms. The van der Waals surface area contributed by atoms with Gasteiger partial charge in [-0.3, -0.25) is 0 Å². The summed E-state index contributed by atoms with van der Waals surface area (Å²) < 4.78 is 5.52. The van der Waals surface area contributed by atoms with E-state index in [0.29, 0.717) is 24.8 Å². The molecule has 7 heteroatoms. The Labute approximate surface area is 174 Å². The first-order chi connectivity index (χ1) is 14.1. The first kappa shape index (κ1) is 19.5. The standard InChI is InChI=1S/C22H24N4O2S/c1-15-6-8-16(9-7-15)20-24-21(28-25-20)17-10-12-26(13-11-17)22(27)23-18-4-3-5-19(14-18)29-2/h3-9,14,17H,10-13H2,1-2H3,(H,23,27). The van der Waals surface area contributed by atoms with E-state index in [2.05, 4.69) is 22.4 Å². The topological polar surface area (TPSA) is 71.3 Å². The summed E-state index contributed by atoms with van der Waals surface area (Å²) in [6.07, 6.45) is 3.65. The number of carbonyl (C=O) groups is 1. The van der Waals surface area contributed by atoms with Gasteiger partial charge in [-0.25, -0.2) is 4.79 Å². The van der Waals surface area contributed by atoms with Crippen molar-refractivity contribution in [2.24, 2.45) is 0 Å². The molecule has 1 N–H and O–H groups in total. The Morgan fingerprint density at radius 3 is 2.66 bits per heavy atom. The van der Waals surface area contributed by atoms with Gasteiger partial charge in [-0.1, -0.05) is 41.1 Å². The summed E-state index contributed by atoms with van der Waals surface area (Å²) in [5.41, 5.74) is 2.97. The van der Waals surface area contributed by atoms with E-state index < -0.39 is 0 Å². The van der Waals surface area contributed by atoms with Crippen LogP contribution in [0.4, 0.5) is 10.5 Å². The van der Waals surface area contributed by atoms with Crippen LogP contribution in [-0.2, 0) is 0 Å². The molecule has 2 amide bonds. The number of aryl methyl sites for hydroxylation is 1. The molecule has 0 atom stereocenters. The van der Waals surface area contributed by atoms with E-state index in [-0.39, 0.29) is 11.9 Å². The van der Waals surface area contributed by atoms with Gasteiger partial charge in [0.05, 0.1) is 0 Å². The zero-order chi connectivity index (χ0) is 20.2. The summed E-state index contributed by atoms with van der Waals surface area (Å²) >= 11 is 1.66. The molecule has 0 saturated carbocycles. The lowest BCUT2D eigenvalue weighted by Gasteiger charge is -2.30. The molecule has 1 aliphatic rings. The van der Waals surface area contributed by atoms with Crippen LogP contribution in [0.25, 0.3) is 11.4 Å². The Kier molecular flexibility index (Phi) is 5.85. The lowest BCUT2D eigenvalue weighted by Crippen LogP contribution is -2.40. The van der Waals surface area contributed by atoms with E-state index in [1.165, 1.54) is 5.56 Å². The fourth-order valence-electron chi connectivity index (χ4n) is 3.45. The Morgan fingerprint density at radius 2 is 1.93 bits per heavy atom. The van der Waals surface area contributed by atoms with E-state index in [1.54, 1.807) is 11.8 Å². The lowest BCUT2D eigenvalue weighted by atomic mass is 9.97. The van der Waals surface area contributed by atoms with Crippen molar-refractivity contribution < 1.29 is 9.32 Å². The Morgan fingerprint density at radius 1 is 1.17 bits per heavy atom. The molecule has 0 radical (unpaired) electrons. The van der Waals surface area contributed by atoms with Gasteiger partial charge in [-0.2, -0.15) is 4.98 Å². The quantitative estimate of drug-likeness (QED) is 0.603. The fraction of sp³-hybridized carbons (Fsp3) is 0.318. The third-order valence-electron chi connectivity index (χ3n) is 5.20. The number of anilines is 1. The summed E-state index contributed by atoms with van der Waals surface area (Å²) in [4.78, 5) is 20.1. The maximum atomic E-state index is 12.6. The van der Waals surface area contributed by atoms with Crippen molar-refractivity contribution in [1.82, 2.24) is 15.0 Å². The maximum Gasteiger partial charge on any atom is 0.321 e. The molecule has 0 aliphatic carbocycles. The van der Waals surface area contributed by atoms with Gasteiger partial charge in [0.15, 0.2) is 0 Å². The number of benzene rings is 2. The van der Waals surface area contributed by atoms with Crippen molar-refractivity contribution in [1.29, 1.82) is 0 Å². The molecule has 0 spiro atoms. The van der Waals surface area contributed by atoms with Crippen LogP contribution in [0, 0.1) is 6.92 Å². The van der Waals surface area contributed by atoms with E-state index in [1.807, 2.05) is 59.7 Å². The van der Waals surface area contributed by atoms with Gasteiger partial charge < -0.3 is 14.7 Å². The van der Waals surface area contributed by atoms with Gasteiger partial charge in [-0.15, -0.1) is 11.8 Å². The molecule has 1 aromatic heterocycles. The molecule has 1 saturated heterocycles. The Bertz CT molecular complexity index is 978. The van der Waals surface area contributed by atoms with Crippen LogP contribution >= 0.6 is 11.8 Å². The number of nitrogens with one attached hydrogen (secondary N) is 1. The third-order valence-corrected chi connectivity index (χ3v) is 5.93. The second kappa shape index (κ2) is 8.69. The largest absolute Gasteiger partial charge is 0.339 e. The average molecular weight is 409 g/mol. The molecular weight excluding hydrogens is 384 g/mol. The molecule has 150 valence electrons. The molecule has 4 rings (SSSR count). The Balaban J connectivity index is 1.34. The molecule has 2 aromatic carbocycles. The van der Waals surface area contributed by atoms with Gasteiger partial charge in [0.2, 0.25) is 11.7 Å². The SMILES string of the molecule is CSc1cccc(NC(=O)N2CCC(c3nc(-c4ccc(C)cc4)no3)CC2)c1. The monoisotopic (exact) mass is 408 g/mol. The fourth-order valence-corrected chi connectivity index (χ4v) is 3.91. The zero-order valence-electron chi connectivity index (χ0n) is 16.6. The molecule has 6 nitrogen and oxygen atoms in total. The number of thioether (sulfide) groups is 1. The van der Waals surface area contributed by atoms with Crippen LogP contribution in [-0.4, -0.2) is 40.4 Å². The molecule has 1 fully saturated rings. The number of hydrogen-bond donors (Lipinski definition) is 1. The van der Waals surface area contributed by atoms with Crippen LogP contribution in [0.5, 0.6) is 0 Å². The number of urea groups is 1. The average Bonchev–Trinajstić information content (AvgIpc) is 3.25. The second-order valence-corrected chi connectivity index (χ2v) is 8.13. The Hall–Kier alpha value is -2.80. The first-order valence-corrected chi connectivity index (χ1v) is 11.0. The maximum absolute atomic E-state index is 12.6. The number of piperidine rings is 1. The molecule has 29 heavy (non-hydrogen) atoms. The van der Waals surface area contributed by atoms with Crippen LogP contribution in [0.1, 0.15) is 30.2 Å². The molecular formula is C22H24N4O2S. The van der Waals surface area contributed by atoms with E-state index >= 15 is 0 Å². The highest BCUT2D eigenvalue weighted by Crippen LogP contribution is 2.29. The van der Waals surface area contributed by atoms with Crippen molar-refractivity contribution in [3.05, 3.63) is 60.0 Å². The van der Waals surface area contributed by atoms with Crippen LogP contribution in [0.3, 0.4) is 0 Å². The lowest BCUT2D eigenvalue weighted by molar-refractivity contribution is 0.187. The van der Waals surface area contributed by atoms with E-state index in [0.717, 1.165) is 29.0 Å². The van der Waals surface area contributed by atoms with Crippen LogP contribution in [0.15, 0.2) is 57.9 Å². The summed E-state index contributed by atoms with van der Waals surface area (Å²) in [7, 11) is 0. The van der Waals surface area contributed by atoms with Gasteiger partial charge in [-0.05, 0) is 44.2 Å². The number of hydrogen-bond acceptors (Lipinski definition) is 5. The predicted octanol–water partition coefficient (Wildman–Crippen LogP) is 5.18. The first-order valence-electron chi connectivity index (χ1n) is 9.73. The highest BCUT2D eigenvalue weighted by atomic mass is 32.2. The number of aromatic nitrogens is 2. The minimum Gasteiger partial charge on any atom is -0.339 e. The van der Waals surface area contributed by atoms with Gasteiger partial charge in [0.1, 0.15) is 0 Å². The van der Waals surface area contributed by atoms with Gasteiger partial charge >= 0.3 is 6.03 Å². The molecule has 3 aromatic rings. The van der Waals surface area contributed by atoms with Gasteiger partial charge in [0, 0.05) is 35.2 Å². The minimum absolute atomic E-state index is 0.0624. The third kappa shape index (κ3) is 4.62. The number of amides is 2. The van der Waals surface area contributed by atoms with E-state index in [4.69, 9.17) is 4.52 Å². The summed E-state index contributed by atoms with van der Waals surface area (Å²) in [6, 6.07) is 15.9. The van der Waals surface area contributed by atoms with Crippen molar-refractivity contribution >= 4 is 23.5 Å². The number of nitrogens with zero attached hydrogens (tertiary/aromatic N) is 3. The summed E-state index contributed by atoms with van der Waals surface area (Å²) in [6.45, 7) is 3.39. The normalized spacial score (nSPS) is 14.8. The highest BCUT2D eigenvalue weighted by Gasteiger charge is 2.27. The number of likely N-dealkylation sites (tertiary alicyclic amines) is 1. The summed E-state index contributed by atoms with van der Waals surface area (Å²) in [5, 5.41) is 7.13. The van der Waals surface area contributed by atoms with Crippen molar-refractivity contribution in [2.45, 2.75) is 30.6 Å². The number of rotatable bonds is 4. The molecule has 0 unspecified atom stereocenters. The predicted molar refractivity (Wildman–Crippen MR) is 115 cm³/mol. The zero-order valence-corrected chi connectivity index (χ0v) is 17.4. The number of carbonyl (C=O) groups excluding carboxylic acids is 1. The van der Waals surface area contributed by atoms with Crippen LogP contribution < -0.4 is 5.32 Å². The van der Waals surface area contributed by atoms with Crippen LogP contribution in [0.2, 0.25) is 0 Å². The molecule has 1 aliphatic heterocycles. The molecule has 2 heterocycles. The second-order valence-electron chi connectivity index (χ2n) is 7.25. The van der Waals surface area contributed by atoms with Crippen molar-refractivity contribution in [3.63, 3.8) is 0 Å².